The molecule has 328 valence electrons. The number of likely N-dealkylation sites (tertiary alicyclic amines) is 1. The molecule has 0 saturated carbocycles. The molecule has 0 bridgehead atoms. The van der Waals surface area contributed by atoms with Crippen molar-refractivity contribution < 1.29 is 52.0 Å². The molecule has 17 nitrogen and oxygen atoms in total. The highest BCUT2D eigenvalue weighted by atomic mass is 35.5. The van der Waals surface area contributed by atoms with Gasteiger partial charge in [0, 0.05) is 56.0 Å². The van der Waals surface area contributed by atoms with Crippen LogP contribution in [0.2, 0.25) is 10.0 Å². The molecule has 0 radical (unpaired) electrons. The van der Waals surface area contributed by atoms with Crippen molar-refractivity contribution in [2.75, 3.05) is 77.0 Å². The van der Waals surface area contributed by atoms with E-state index in [9.17, 15) is 28.4 Å². The van der Waals surface area contributed by atoms with Crippen molar-refractivity contribution in [3.8, 4) is 11.5 Å². The zero-order valence-corrected chi connectivity index (χ0v) is 35.2. The van der Waals surface area contributed by atoms with E-state index < -0.39 is 35.5 Å². The van der Waals surface area contributed by atoms with Gasteiger partial charge in [-0.05, 0) is 36.8 Å². The molecule has 3 aromatic carbocycles. The summed E-state index contributed by atoms with van der Waals surface area (Å²) in [5.41, 5.74) is 1.48. The molecule has 2 saturated heterocycles. The van der Waals surface area contributed by atoms with E-state index in [0.29, 0.717) is 99.4 Å². The molecule has 3 N–H and O–H groups in total. The van der Waals surface area contributed by atoms with E-state index in [-0.39, 0.29) is 64.7 Å². The van der Waals surface area contributed by atoms with Crippen LogP contribution in [0, 0.1) is 5.82 Å². The molecule has 5 amide bonds. The Hall–Kier alpha value is -5.66. The van der Waals surface area contributed by atoms with Crippen molar-refractivity contribution in [1.29, 1.82) is 0 Å². The van der Waals surface area contributed by atoms with Gasteiger partial charge in [-0.1, -0.05) is 29.3 Å². The largest absolute Gasteiger partial charge is 0.493 e. The van der Waals surface area contributed by atoms with E-state index in [1.165, 1.54) is 31.6 Å². The Morgan fingerprint density at radius 1 is 0.887 bits per heavy atom. The Morgan fingerprint density at radius 3 is 2.37 bits per heavy atom. The topological polar surface area (TPSA) is 200 Å². The van der Waals surface area contributed by atoms with Crippen molar-refractivity contribution in [1.82, 2.24) is 25.1 Å². The second kappa shape index (κ2) is 20.5. The number of piperidine rings is 2. The van der Waals surface area contributed by atoms with Crippen molar-refractivity contribution >= 4 is 80.8 Å². The lowest BCUT2D eigenvalue weighted by Crippen LogP contribution is -2.54. The first-order valence-corrected chi connectivity index (χ1v) is 20.8. The lowest BCUT2D eigenvalue weighted by molar-refractivity contribution is -0.136. The van der Waals surface area contributed by atoms with E-state index in [1.54, 1.807) is 29.2 Å². The van der Waals surface area contributed by atoms with Crippen LogP contribution < -0.4 is 25.4 Å². The highest BCUT2D eigenvalue weighted by molar-refractivity contribution is 6.42. The molecule has 1 aromatic heterocycles. The third kappa shape index (κ3) is 10.2. The average Bonchev–Trinajstić information content (AvgIpc) is 3.53. The summed E-state index contributed by atoms with van der Waals surface area (Å²) >= 11 is 12.0. The molecular weight excluding hydrogens is 852 g/mol. The Bertz CT molecular complexity index is 2350. The number of aromatic nitrogens is 2. The molecule has 62 heavy (non-hydrogen) atoms. The summed E-state index contributed by atoms with van der Waals surface area (Å²) in [6.45, 7) is 3.19. The Balaban J connectivity index is 0.759. The molecule has 4 heterocycles. The van der Waals surface area contributed by atoms with Gasteiger partial charge in [-0.15, -0.1) is 0 Å². The van der Waals surface area contributed by atoms with E-state index in [4.69, 9.17) is 46.9 Å². The monoisotopic (exact) mass is 895 g/mol. The lowest BCUT2D eigenvalue weighted by atomic mass is 10.0. The fraction of sp³-hybridized carbons (Fsp3) is 0.405. The fourth-order valence-electron chi connectivity index (χ4n) is 7.35. The van der Waals surface area contributed by atoms with Crippen LogP contribution in [0.5, 0.6) is 11.5 Å². The number of carbonyl (C=O) groups excluding carboxylic acids is 5. The van der Waals surface area contributed by atoms with Crippen LogP contribution >= 0.6 is 23.2 Å². The number of hydrogen-bond donors (Lipinski definition) is 3. The van der Waals surface area contributed by atoms with Crippen LogP contribution in [-0.2, 0) is 28.6 Å². The first-order chi connectivity index (χ1) is 30.0. The zero-order valence-electron chi connectivity index (χ0n) is 33.7. The summed E-state index contributed by atoms with van der Waals surface area (Å²) in [4.78, 5) is 74.4. The van der Waals surface area contributed by atoms with E-state index >= 15 is 0 Å². The second-order valence-corrected chi connectivity index (χ2v) is 15.3. The first-order valence-electron chi connectivity index (χ1n) is 20.0. The van der Waals surface area contributed by atoms with Gasteiger partial charge in [0.15, 0.2) is 17.3 Å². The average molecular weight is 897 g/mol. The summed E-state index contributed by atoms with van der Waals surface area (Å²) in [5, 5.41) is 8.75. The Morgan fingerprint density at radius 2 is 1.63 bits per heavy atom. The number of nitrogens with zero attached hydrogens (tertiary/aromatic N) is 4. The van der Waals surface area contributed by atoms with Gasteiger partial charge in [0.1, 0.15) is 24.3 Å². The number of imide groups is 2. The van der Waals surface area contributed by atoms with Crippen LogP contribution in [0.25, 0.3) is 10.9 Å². The lowest BCUT2D eigenvalue weighted by Gasteiger charge is -2.32. The van der Waals surface area contributed by atoms with Crippen LogP contribution in [0.3, 0.4) is 0 Å². The quantitative estimate of drug-likeness (QED) is 0.0634. The second-order valence-electron chi connectivity index (χ2n) is 14.5. The summed E-state index contributed by atoms with van der Waals surface area (Å²) in [7, 11) is 1.53. The molecule has 0 spiro atoms. The normalized spacial score (nSPS) is 16.7. The van der Waals surface area contributed by atoms with Crippen LogP contribution in [0.4, 0.5) is 21.6 Å². The minimum absolute atomic E-state index is 0.0138. The van der Waals surface area contributed by atoms with Gasteiger partial charge in [0.2, 0.25) is 17.7 Å². The number of carbonyl (C=O) groups is 5. The number of amides is 5. The van der Waals surface area contributed by atoms with Gasteiger partial charge in [0.25, 0.3) is 11.8 Å². The van der Waals surface area contributed by atoms with Crippen molar-refractivity contribution in [2.45, 2.75) is 44.2 Å². The first kappa shape index (κ1) is 44.4. The van der Waals surface area contributed by atoms with E-state index in [0.717, 1.165) is 4.90 Å². The minimum Gasteiger partial charge on any atom is -0.493 e. The highest BCUT2D eigenvalue weighted by Gasteiger charge is 2.45. The number of hydrogen-bond acceptors (Lipinski definition) is 14. The van der Waals surface area contributed by atoms with Crippen molar-refractivity contribution in [3.05, 3.63) is 75.8 Å². The maximum absolute atomic E-state index is 14.8. The van der Waals surface area contributed by atoms with Gasteiger partial charge >= 0.3 is 0 Å². The summed E-state index contributed by atoms with van der Waals surface area (Å²) in [5.74, 6) is -1.70. The molecule has 2 fully saturated rings. The number of rotatable bonds is 19. The van der Waals surface area contributed by atoms with Gasteiger partial charge < -0.3 is 39.2 Å². The van der Waals surface area contributed by atoms with Crippen LogP contribution in [-0.4, -0.2) is 128 Å². The van der Waals surface area contributed by atoms with Gasteiger partial charge in [-0.25, -0.2) is 14.4 Å². The summed E-state index contributed by atoms with van der Waals surface area (Å²) in [6.07, 6.45) is 2.73. The predicted octanol–water partition coefficient (Wildman–Crippen LogP) is 5.15. The van der Waals surface area contributed by atoms with Gasteiger partial charge in [-0.2, -0.15) is 0 Å². The number of ether oxygens (including phenoxy) is 5. The molecule has 3 aliphatic rings. The molecule has 0 aliphatic carbocycles. The Kier molecular flexibility index (Phi) is 14.7. The van der Waals surface area contributed by atoms with Crippen LogP contribution in [0.15, 0.2) is 48.8 Å². The SMILES string of the molecule is COc1cc2ncnc(Nc3ccc(Cl)c(Cl)c3F)c2cc1OC1CCN(C(=O)CCOCCOCCOCCNc2cccc3c2C(=O)N(C2CCC(=O)NC2=O)C3=O)CC1. The Labute approximate surface area is 365 Å². The maximum atomic E-state index is 14.8. The standard InChI is InChI=1S/C42H44Cl2FN7O10/c1-58-32-22-30-26(39(48-23-47-30)49-29-6-5-27(43)37(44)38(29)45)21-33(32)62-24-9-13-51(14-10-24)35(54)11-15-59-17-19-61-20-18-60-16-12-46-28-4-2-3-25-36(28)42(57)52(41(25)56)31-7-8-34(53)50-40(31)55/h2-6,21-24,31,46H,7-20H2,1H3,(H,47,48,49)(H,50,53,55). The number of fused-ring (bicyclic) bond motifs is 2. The molecular formula is C42H44Cl2FN7O10. The number of halogens is 3. The van der Waals surface area contributed by atoms with Gasteiger partial charge in [-0.3, -0.25) is 34.2 Å². The third-order valence-corrected chi connectivity index (χ3v) is 11.3. The molecule has 3 aliphatic heterocycles. The third-order valence-electron chi connectivity index (χ3n) is 10.5. The van der Waals surface area contributed by atoms with Gasteiger partial charge in [0.05, 0.1) is 85.5 Å². The number of benzene rings is 3. The summed E-state index contributed by atoms with van der Waals surface area (Å²) in [6, 6.07) is 10.2. The number of anilines is 3. The molecule has 1 unspecified atom stereocenters. The number of methoxy groups -OCH3 is 1. The minimum atomic E-state index is -1.04. The highest BCUT2D eigenvalue weighted by Crippen LogP contribution is 2.38. The van der Waals surface area contributed by atoms with Crippen molar-refractivity contribution in [2.24, 2.45) is 0 Å². The molecule has 4 aromatic rings. The van der Waals surface area contributed by atoms with Crippen molar-refractivity contribution in [3.63, 3.8) is 0 Å². The van der Waals surface area contributed by atoms with E-state index in [1.807, 2.05) is 0 Å². The fourth-order valence-corrected chi connectivity index (χ4v) is 7.66. The smallest absolute Gasteiger partial charge is 0.264 e. The number of nitrogens with one attached hydrogen (secondary N) is 3. The molecule has 1 atom stereocenters. The zero-order chi connectivity index (χ0) is 43.8. The summed E-state index contributed by atoms with van der Waals surface area (Å²) < 4.78 is 43.6. The van der Waals surface area contributed by atoms with Crippen LogP contribution in [0.1, 0.15) is 52.8 Å². The molecule has 20 heteroatoms. The van der Waals surface area contributed by atoms with E-state index in [2.05, 4.69) is 25.9 Å². The predicted molar refractivity (Wildman–Crippen MR) is 225 cm³/mol. The molecule has 7 rings (SSSR count). The maximum Gasteiger partial charge on any atom is 0.264 e.